The average Bonchev–Trinajstić information content (AvgIpc) is 2.30. The molecule has 0 aliphatic carbocycles. The Morgan fingerprint density at radius 3 is 2.56 bits per heavy atom. The van der Waals surface area contributed by atoms with Crippen LogP contribution in [0.3, 0.4) is 0 Å². The van der Waals surface area contributed by atoms with Gasteiger partial charge in [0.2, 0.25) is 0 Å². The van der Waals surface area contributed by atoms with Crippen LogP contribution in [0.4, 0.5) is 0 Å². The molecule has 3 N–H and O–H groups in total. The third kappa shape index (κ3) is 3.32. The maximum absolute atomic E-state index is 11.1. The van der Waals surface area contributed by atoms with Gasteiger partial charge < -0.3 is 15.6 Å². The summed E-state index contributed by atoms with van der Waals surface area (Å²) in [6.45, 7) is 0.400. The summed E-state index contributed by atoms with van der Waals surface area (Å²) in [5, 5.41) is 9.10. The Bertz CT molecular complexity index is 326. The SMILES string of the molecule is COCCC(C(=O)O)[C@H](N)c1ccccc1. The Hall–Kier alpha value is -1.39. The molecule has 4 heteroatoms. The van der Waals surface area contributed by atoms with E-state index in [-0.39, 0.29) is 0 Å². The molecule has 0 aliphatic heterocycles. The minimum atomic E-state index is -0.881. The van der Waals surface area contributed by atoms with E-state index in [9.17, 15) is 4.79 Å². The number of carboxylic acid groups (broad SMARTS) is 1. The lowest BCUT2D eigenvalue weighted by Crippen LogP contribution is -2.29. The molecule has 16 heavy (non-hydrogen) atoms. The highest BCUT2D eigenvalue weighted by Gasteiger charge is 2.25. The zero-order valence-corrected chi connectivity index (χ0v) is 9.30. The number of aliphatic carboxylic acids is 1. The Morgan fingerprint density at radius 1 is 1.44 bits per heavy atom. The molecule has 1 unspecified atom stereocenters. The molecular formula is C12H17NO3. The van der Waals surface area contributed by atoms with Gasteiger partial charge in [-0.2, -0.15) is 0 Å². The van der Waals surface area contributed by atoms with Gasteiger partial charge >= 0.3 is 5.97 Å². The molecule has 0 bridgehead atoms. The zero-order chi connectivity index (χ0) is 12.0. The van der Waals surface area contributed by atoms with Gasteiger partial charge in [0.05, 0.1) is 5.92 Å². The number of rotatable bonds is 6. The largest absolute Gasteiger partial charge is 0.481 e. The number of benzene rings is 1. The Morgan fingerprint density at radius 2 is 2.06 bits per heavy atom. The summed E-state index contributed by atoms with van der Waals surface area (Å²) in [5.41, 5.74) is 6.78. The van der Waals surface area contributed by atoms with E-state index in [1.807, 2.05) is 30.3 Å². The number of ether oxygens (including phenoxy) is 1. The van der Waals surface area contributed by atoms with E-state index in [2.05, 4.69) is 0 Å². The Kier molecular flexibility index (Phi) is 4.95. The van der Waals surface area contributed by atoms with Crippen LogP contribution in [0.1, 0.15) is 18.0 Å². The summed E-state index contributed by atoms with van der Waals surface area (Å²) in [4.78, 5) is 11.1. The summed E-state index contributed by atoms with van der Waals surface area (Å²) >= 11 is 0. The fourth-order valence-corrected chi connectivity index (χ4v) is 1.61. The second kappa shape index (κ2) is 6.25. The number of hydrogen-bond acceptors (Lipinski definition) is 3. The minimum Gasteiger partial charge on any atom is -0.481 e. The highest BCUT2D eigenvalue weighted by atomic mass is 16.5. The zero-order valence-electron chi connectivity index (χ0n) is 9.30. The molecule has 0 amide bonds. The smallest absolute Gasteiger partial charge is 0.308 e. The van der Waals surface area contributed by atoms with E-state index >= 15 is 0 Å². The molecule has 0 heterocycles. The van der Waals surface area contributed by atoms with Crippen LogP contribution in [0.2, 0.25) is 0 Å². The lowest BCUT2D eigenvalue weighted by atomic mass is 9.91. The third-order valence-electron chi connectivity index (χ3n) is 2.57. The predicted molar refractivity (Wildman–Crippen MR) is 61.0 cm³/mol. The van der Waals surface area contributed by atoms with Gasteiger partial charge in [-0.25, -0.2) is 0 Å². The van der Waals surface area contributed by atoms with Gasteiger partial charge in [0.25, 0.3) is 0 Å². The molecule has 4 nitrogen and oxygen atoms in total. The van der Waals surface area contributed by atoms with Crippen molar-refractivity contribution in [3.63, 3.8) is 0 Å². The third-order valence-corrected chi connectivity index (χ3v) is 2.57. The van der Waals surface area contributed by atoms with Crippen molar-refractivity contribution < 1.29 is 14.6 Å². The van der Waals surface area contributed by atoms with Crippen LogP contribution in [0.15, 0.2) is 30.3 Å². The molecule has 2 atom stereocenters. The van der Waals surface area contributed by atoms with Crippen LogP contribution in [-0.4, -0.2) is 24.8 Å². The van der Waals surface area contributed by atoms with Gasteiger partial charge in [-0.15, -0.1) is 0 Å². The number of carboxylic acids is 1. The quantitative estimate of drug-likeness (QED) is 0.765. The predicted octanol–water partition coefficient (Wildman–Crippen LogP) is 1.42. The van der Waals surface area contributed by atoms with E-state index in [4.69, 9.17) is 15.6 Å². The van der Waals surface area contributed by atoms with Crippen LogP contribution < -0.4 is 5.73 Å². The molecule has 0 saturated carbocycles. The second-order valence-electron chi connectivity index (χ2n) is 3.66. The molecule has 0 fully saturated rings. The van der Waals surface area contributed by atoms with Crippen LogP contribution in [0, 0.1) is 5.92 Å². The summed E-state index contributed by atoms with van der Waals surface area (Å²) < 4.78 is 4.89. The van der Waals surface area contributed by atoms with Gasteiger partial charge in [0.15, 0.2) is 0 Å². The standard InChI is InChI=1S/C12H17NO3/c1-16-8-7-10(12(14)15)11(13)9-5-3-2-4-6-9/h2-6,10-11H,7-8,13H2,1H3,(H,14,15)/t10?,11-/m1/s1. The van der Waals surface area contributed by atoms with Gasteiger partial charge in [-0.3, -0.25) is 4.79 Å². The molecular weight excluding hydrogens is 206 g/mol. The molecule has 1 aromatic rings. The molecule has 0 saturated heterocycles. The monoisotopic (exact) mass is 223 g/mol. The van der Waals surface area contributed by atoms with Gasteiger partial charge in [-0.05, 0) is 12.0 Å². The number of methoxy groups -OCH3 is 1. The van der Waals surface area contributed by atoms with Crippen LogP contribution in [0.5, 0.6) is 0 Å². The maximum atomic E-state index is 11.1. The van der Waals surface area contributed by atoms with E-state index < -0.39 is 17.9 Å². The number of hydrogen-bond donors (Lipinski definition) is 2. The molecule has 1 aromatic carbocycles. The average molecular weight is 223 g/mol. The van der Waals surface area contributed by atoms with Crippen molar-refractivity contribution in [2.24, 2.45) is 11.7 Å². The molecule has 0 aromatic heterocycles. The summed E-state index contributed by atoms with van der Waals surface area (Å²) in [7, 11) is 1.55. The first-order chi connectivity index (χ1) is 7.66. The maximum Gasteiger partial charge on any atom is 0.308 e. The fraction of sp³-hybridized carbons (Fsp3) is 0.417. The van der Waals surface area contributed by atoms with Crippen molar-refractivity contribution in [2.75, 3.05) is 13.7 Å². The minimum absolute atomic E-state index is 0.400. The lowest BCUT2D eigenvalue weighted by molar-refractivity contribution is -0.143. The topological polar surface area (TPSA) is 72.5 Å². The van der Waals surface area contributed by atoms with Crippen LogP contribution in [-0.2, 0) is 9.53 Å². The van der Waals surface area contributed by atoms with Gasteiger partial charge in [0.1, 0.15) is 0 Å². The summed E-state index contributed by atoms with van der Waals surface area (Å²) in [6, 6.07) is 8.77. The first kappa shape index (κ1) is 12.7. The van der Waals surface area contributed by atoms with E-state index in [0.29, 0.717) is 13.0 Å². The summed E-state index contributed by atoms with van der Waals surface area (Å²) in [6.07, 6.45) is 0.419. The fourth-order valence-electron chi connectivity index (χ4n) is 1.61. The van der Waals surface area contributed by atoms with E-state index in [1.54, 1.807) is 7.11 Å². The van der Waals surface area contributed by atoms with Crippen molar-refractivity contribution in [3.05, 3.63) is 35.9 Å². The first-order valence-electron chi connectivity index (χ1n) is 5.19. The molecule has 1 rings (SSSR count). The van der Waals surface area contributed by atoms with E-state index in [1.165, 1.54) is 0 Å². The van der Waals surface area contributed by atoms with Crippen LogP contribution >= 0.6 is 0 Å². The first-order valence-corrected chi connectivity index (χ1v) is 5.19. The number of nitrogens with two attached hydrogens (primary N) is 1. The van der Waals surface area contributed by atoms with E-state index in [0.717, 1.165) is 5.56 Å². The lowest BCUT2D eigenvalue weighted by Gasteiger charge is -2.20. The van der Waals surface area contributed by atoms with Crippen molar-refractivity contribution >= 4 is 5.97 Å². The second-order valence-corrected chi connectivity index (χ2v) is 3.66. The van der Waals surface area contributed by atoms with Crippen LogP contribution in [0.25, 0.3) is 0 Å². The highest BCUT2D eigenvalue weighted by molar-refractivity contribution is 5.71. The Labute approximate surface area is 95.0 Å². The number of carbonyl (C=O) groups is 1. The van der Waals surface area contributed by atoms with Crippen molar-refractivity contribution in [1.82, 2.24) is 0 Å². The molecule has 0 aliphatic rings. The van der Waals surface area contributed by atoms with Gasteiger partial charge in [0, 0.05) is 19.8 Å². The molecule has 0 radical (unpaired) electrons. The summed E-state index contributed by atoms with van der Waals surface area (Å²) in [5.74, 6) is -1.49. The van der Waals surface area contributed by atoms with Gasteiger partial charge in [-0.1, -0.05) is 30.3 Å². The molecule has 88 valence electrons. The molecule has 0 spiro atoms. The highest BCUT2D eigenvalue weighted by Crippen LogP contribution is 2.22. The normalized spacial score (nSPS) is 14.4. The van der Waals surface area contributed by atoms with Crippen molar-refractivity contribution in [1.29, 1.82) is 0 Å². The van der Waals surface area contributed by atoms with Crippen molar-refractivity contribution in [2.45, 2.75) is 12.5 Å². The van der Waals surface area contributed by atoms with Crippen molar-refractivity contribution in [3.8, 4) is 0 Å². The Balaban J connectivity index is 2.75.